The van der Waals surface area contributed by atoms with Crippen LogP contribution in [0.25, 0.3) is 0 Å². The van der Waals surface area contributed by atoms with E-state index in [1.807, 2.05) is 43.3 Å². The summed E-state index contributed by atoms with van der Waals surface area (Å²) in [7, 11) is 0. The van der Waals surface area contributed by atoms with Gasteiger partial charge in [0, 0.05) is 25.1 Å². The minimum atomic E-state index is -0.128. The van der Waals surface area contributed by atoms with Gasteiger partial charge in [0.25, 0.3) is 5.91 Å². The van der Waals surface area contributed by atoms with E-state index in [0.29, 0.717) is 38.0 Å². The third kappa shape index (κ3) is 6.39. The lowest BCUT2D eigenvalue weighted by atomic mass is 10.1. The molecule has 2 amide bonds. The SMILES string of the molecule is Cc1ccc(CNC(=O)c2cccc(CNC(=O)CCCN)c2)cc1. The van der Waals surface area contributed by atoms with Gasteiger partial charge in [-0.2, -0.15) is 0 Å². The van der Waals surface area contributed by atoms with Crippen LogP contribution in [0.5, 0.6) is 0 Å². The first-order chi connectivity index (χ1) is 12.1. The van der Waals surface area contributed by atoms with Crippen LogP contribution in [0.4, 0.5) is 0 Å². The first-order valence-electron chi connectivity index (χ1n) is 8.48. The summed E-state index contributed by atoms with van der Waals surface area (Å²) in [5, 5.41) is 5.75. The molecule has 5 nitrogen and oxygen atoms in total. The molecule has 0 saturated heterocycles. The highest BCUT2D eigenvalue weighted by molar-refractivity contribution is 5.94. The van der Waals surface area contributed by atoms with E-state index in [2.05, 4.69) is 10.6 Å². The number of nitrogens with two attached hydrogens (primary N) is 1. The average Bonchev–Trinajstić information content (AvgIpc) is 2.64. The smallest absolute Gasteiger partial charge is 0.251 e. The molecule has 0 aromatic heterocycles. The van der Waals surface area contributed by atoms with Crippen molar-refractivity contribution in [3.05, 3.63) is 70.8 Å². The molecule has 132 valence electrons. The topological polar surface area (TPSA) is 84.2 Å². The van der Waals surface area contributed by atoms with Crippen LogP contribution in [0.2, 0.25) is 0 Å². The number of rotatable bonds is 8. The van der Waals surface area contributed by atoms with Crippen LogP contribution >= 0.6 is 0 Å². The Bertz CT molecular complexity index is 711. The lowest BCUT2D eigenvalue weighted by molar-refractivity contribution is -0.121. The summed E-state index contributed by atoms with van der Waals surface area (Å²) in [4.78, 5) is 23.9. The molecule has 0 atom stereocenters. The largest absolute Gasteiger partial charge is 0.352 e. The van der Waals surface area contributed by atoms with Crippen LogP contribution in [0.3, 0.4) is 0 Å². The van der Waals surface area contributed by atoms with E-state index in [1.54, 1.807) is 12.1 Å². The second-order valence-electron chi connectivity index (χ2n) is 6.04. The van der Waals surface area contributed by atoms with Gasteiger partial charge in [0.2, 0.25) is 5.91 Å². The maximum atomic E-state index is 12.3. The van der Waals surface area contributed by atoms with E-state index >= 15 is 0 Å². The Kier molecular flexibility index (Phi) is 7.16. The molecule has 4 N–H and O–H groups in total. The van der Waals surface area contributed by atoms with Gasteiger partial charge < -0.3 is 16.4 Å². The maximum absolute atomic E-state index is 12.3. The molecule has 0 bridgehead atoms. The lowest BCUT2D eigenvalue weighted by Gasteiger charge is -2.09. The molecule has 0 aliphatic heterocycles. The monoisotopic (exact) mass is 339 g/mol. The first kappa shape index (κ1) is 18.7. The van der Waals surface area contributed by atoms with Crippen LogP contribution in [-0.4, -0.2) is 18.4 Å². The van der Waals surface area contributed by atoms with Gasteiger partial charge in [-0.3, -0.25) is 9.59 Å². The molecule has 0 spiro atoms. The fourth-order valence-electron chi connectivity index (χ4n) is 2.36. The van der Waals surface area contributed by atoms with E-state index in [4.69, 9.17) is 5.73 Å². The molecule has 5 heteroatoms. The molecule has 0 fully saturated rings. The molecule has 2 rings (SSSR count). The third-order valence-corrected chi connectivity index (χ3v) is 3.86. The fraction of sp³-hybridized carbons (Fsp3) is 0.300. The van der Waals surface area contributed by atoms with Crippen molar-refractivity contribution in [2.75, 3.05) is 6.54 Å². The quantitative estimate of drug-likeness (QED) is 0.690. The Balaban J connectivity index is 1.87. The number of hydrogen-bond donors (Lipinski definition) is 3. The second kappa shape index (κ2) is 9.59. The molecule has 0 aliphatic carbocycles. The van der Waals surface area contributed by atoms with Crippen molar-refractivity contribution in [3.8, 4) is 0 Å². The molecule has 2 aromatic rings. The van der Waals surface area contributed by atoms with E-state index in [1.165, 1.54) is 5.56 Å². The number of nitrogens with one attached hydrogen (secondary N) is 2. The highest BCUT2D eigenvalue weighted by Crippen LogP contribution is 2.07. The Morgan fingerprint density at radius 1 is 0.960 bits per heavy atom. The van der Waals surface area contributed by atoms with Crippen molar-refractivity contribution in [1.29, 1.82) is 0 Å². The Morgan fingerprint density at radius 3 is 2.40 bits per heavy atom. The minimum absolute atomic E-state index is 0.0281. The molecule has 25 heavy (non-hydrogen) atoms. The van der Waals surface area contributed by atoms with Gasteiger partial charge in [-0.05, 0) is 43.1 Å². The van der Waals surface area contributed by atoms with Crippen molar-refractivity contribution >= 4 is 11.8 Å². The number of amides is 2. The van der Waals surface area contributed by atoms with Gasteiger partial charge in [-0.15, -0.1) is 0 Å². The van der Waals surface area contributed by atoms with E-state index in [0.717, 1.165) is 11.1 Å². The Labute approximate surface area is 148 Å². The first-order valence-corrected chi connectivity index (χ1v) is 8.48. The van der Waals surface area contributed by atoms with Crippen LogP contribution in [-0.2, 0) is 17.9 Å². The van der Waals surface area contributed by atoms with Crippen molar-refractivity contribution in [2.45, 2.75) is 32.9 Å². The second-order valence-corrected chi connectivity index (χ2v) is 6.04. The predicted molar refractivity (Wildman–Crippen MR) is 98.9 cm³/mol. The number of benzene rings is 2. The number of hydrogen-bond acceptors (Lipinski definition) is 3. The van der Waals surface area contributed by atoms with Crippen LogP contribution in [0, 0.1) is 6.92 Å². The fourth-order valence-corrected chi connectivity index (χ4v) is 2.36. The molecule has 0 radical (unpaired) electrons. The summed E-state index contributed by atoms with van der Waals surface area (Å²) >= 11 is 0. The number of carbonyl (C=O) groups is 2. The van der Waals surface area contributed by atoms with E-state index in [-0.39, 0.29) is 11.8 Å². The van der Waals surface area contributed by atoms with Crippen molar-refractivity contribution < 1.29 is 9.59 Å². The highest BCUT2D eigenvalue weighted by Gasteiger charge is 2.07. The zero-order valence-electron chi connectivity index (χ0n) is 14.5. The summed E-state index contributed by atoms with van der Waals surface area (Å²) in [5.74, 6) is -0.156. The molecule has 0 unspecified atom stereocenters. The van der Waals surface area contributed by atoms with Crippen LogP contribution < -0.4 is 16.4 Å². The molecule has 0 heterocycles. The van der Waals surface area contributed by atoms with E-state index < -0.39 is 0 Å². The van der Waals surface area contributed by atoms with Crippen molar-refractivity contribution in [2.24, 2.45) is 5.73 Å². The molecule has 2 aromatic carbocycles. The van der Waals surface area contributed by atoms with Gasteiger partial charge in [0.15, 0.2) is 0 Å². The van der Waals surface area contributed by atoms with E-state index in [9.17, 15) is 9.59 Å². The molecule has 0 saturated carbocycles. The zero-order valence-corrected chi connectivity index (χ0v) is 14.5. The number of aryl methyl sites for hydroxylation is 1. The van der Waals surface area contributed by atoms with Crippen molar-refractivity contribution in [3.63, 3.8) is 0 Å². The Hall–Kier alpha value is -2.66. The number of carbonyl (C=O) groups excluding carboxylic acids is 2. The summed E-state index contributed by atoms with van der Waals surface area (Å²) in [6, 6.07) is 15.3. The summed E-state index contributed by atoms with van der Waals surface area (Å²) < 4.78 is 0. The van der Waals surface area contributed by atoms with Gasteiger partial charge in [0.05, 0.1) is 0 Å². The third-order valence-electron chi connectivity index (χ3n) is 3.86. The van der Waals surface area contributed by atoms with Gasteiger partial charge >= 0.3 is 0 Å². The minimum Gasteiger partial charge on any atom is -0.352 e. The molecule has 0 aliphatic rings. The summed E-state index contributed by atoms with van der Waals surface area (Å²) in [5.41, 5.74) is 9.12. The highest BCUT2D eigenvalue weighted by atomic mass is 16.2. The Morgan fingerprint density at radius 2 is 1.68 bits per heavy atom. The van der Waals surface area contributed by atoms with Gasteiger partial charge in [-0.1, -0.05) is 42.0 Å². The molecular weight excluding hydrogens is 314 g/mol. The van der Waals surface area contributed by atoms with Gasteiger partial charge in [0.1, 0.15) is 0 Å². The average molecular weight is 339 g/mol. The zero-order chi connectivity index (χ0) is 18.1. The normalized spacial score (nSPS) is 10.3. The van der Waals surface area contributed by atoms with Crippen LogP contribution in [0.1, 0.15) is 39.9 Å². The van der Waals surface area contributed by atoms with Crippen LogP contribution in [0.15, 0.2) is 48.5 Å². The van der Waals surface area contributed by atoms with Gasteiger partial charge in [-0.25, -0.2) is 0 Å². The summed E-state index contributed by atoms with van der Waals surface area (Å²) in [6.07, 6.45) is 1.10. The maximum Gasteiger partial charge on any atom is 0.251 e. The standard InChI is InChI=1S/C20H25N3O2/c1-15-7-9-16(10-8-15)13-23-20(25)18-5-2-4-17(12-18)14-22-19(24)6-3-11-21/h2,4-5,7-10,12H,3,6,11,13-14,21H2,1H3,(H,22,24)(H,23,25). The van der Waals surface area contributed by atoms with Crippen molar-refractivity contribution in [1.82, 2.24) is 10.6 Å². The summed E-state index contributed by atoms with van der Waals surface area (Å²) in [6.45, 7) is 3.42. The molecular formula is C20H25N3O2. The predicted octanol–water partition coefficient (Wildman–Crippen LogP) is 2.28. The lowest BCUT2D eigenvalue weighted by Crippen LogP contribution is -2.24.